The topological polar surface area (TPSA) is 152 Å². The number of aliphatic hydroxyl groups is 1. The Bertz CT molecular complexity index is 1930. The highest BCUT2D eigenvalue weighted by Gasteiger charge is 2.67. The van der Waals surface area contributed by atoms with Gasteiger partial charge in [-0.15, -0.1) is 0 Å². The molecule has 1 spiro atoms. The molecule has 0 unspecified atom stereocenters. The van der Waals surface area contributed by atoms with Gasteiger partial charge in [0.2, 0.25) is 26.1 Å². The van der Waals surface area contributed by atoms with Crippen LogP contribution >= 0.6 is 0 Å². The molecule has 12 nitrogen and oxygen atoms in total. The number of fused-ring (bicyclic) bond motifs is 2. The summed E-state index contributed by atoms with van der Waals surface area (Å²) in [5, 5.41) is 22.3. The average Bonchev–Trinajstić information content (AvgIpc) is 3.98. The third-order valence-corrected chi connectivity index (χ3v) is 14.3. The van der Waals surface area contributed by atoms with E-state index in [9.17, 15) is 19.5 Å². The van der Waals surface area contributed by atoms with E-state index in [2.05, 4.69) is 21.3 Å². The molecule has 3 aromatic rings. The third-order valence-electron chi connectivity index (χ3n) is 11.8. The van der Waals surface area contributed by atoms with Gasteiger partial charge in [-0.25, -0.2) is 0 Å². The van der Waals surface area contributed by atoms with Crippen molar-refractivity contribution >= 4 is 49.1 Å². The second-order valence-electron chi connectivity index (χ2n) is 16.1. The number of anilines is 3. The van der Waals surface area contributed by atoms with Crippen molar-refractivity contribution in [3.63, 3.8) is 0 Å². The van der Waals surface area contributed by atoms with Gasteiger partial charge in [-0.3, -0.25) is 19.2 Å². The van der Waals surface area contributed by atoms with Crippen LogP contribution in [0.1, 0.15) is 55.7 Å². The van der Waals surface area contributed by atoms with Gasteiger partial charge >= 0.3 is 0 Å². The number of hydrogen-bond donors (Lipinski definition) is 5. The molecule has 0 saturated carbocycles. The van der Waals surface area contributed by atoms with Crippen molar-refractivity contribution < 1.29 is 33.1 Å². The van der Waals surface area contributed by atoms with E-state index in [1.807, 2.05) is 61.5 Å². The smallest absolute Gasteiger partial charge is 0.264 e. The van der Waals surface area contributed by atoms with Crippen LogP contribution in [-0.2, 0) is 42.6 Å². The van der Waals surface area contributed by atoms with E-state index in [0.29, 0.717) is 22.6 Å². The van der Waals surface area contributed by atoms with Gasteiger partial charge < -0.3 is 45.0 Å². The Morgan fingerprint density at radius 1 is 0.929 bits per heavy atom. The fraction of sp³-hybridized carbons (Fsp3) is 0.476. The lowest BCUT2D eigenvalue weighted by atomic mass is 9.82. The van der Waals surface area contributed by atoms with E-state index in [0.717, 1.165) is 49.9 Å². The maximum Gasteiger partial charge on any atom is 0.264 e. The van der Waals surface area contributed by atoms with Gasteiger partial charge in [0.1, 0.15) is 0 Å². The van der Waals surface area contributed by atoms with Crippen LogP contribution in [0.4, 0.5) is 21.2 Å². The van der Waals surface area contributed by atoms with Crippen LogP contribution < -0.4 is 26.2 Å². The van der Waals surface area contributed by atoms with Crippen LogP contribution in [0.5, 0.6) is 0 Å². The van der Waals surface area contributed by atoms with Gasteiger partial charge in [-0.05, 0) is 93.3 Å². The molecule has 4 aliphatic rings. The Labute approximate surface area is 328 Å². The van der Waals surface area contributed by atoms with E-state index >= 15 is 8.90 Å². The summed E-state index contributed by atoms with van der Waals surface area (Å²) in [6, 6.07) is 21.6. The first-order valence-corrected chi connectivity index (χ1v) is 22.8. The van der Waals surface area contributed by atoms with Crippen molar-refractivity contribution in [2.75, 3.05) is 41.8 Å². The molecule has 0 aromatic heterocycles. The number of amides is 4. The highest BCUT2D eigenvalue weighted by atomic mass is 28.4. The molecule has 4 aliphatic heterocycles. The Hall–Kier alpha value is -4.47. The minimum atomic E-state index is -3.62. The molecule has 3 saturated heterocycles. The summed E-state index contributed by atoms with van der Waals surface area (Å²) in [6.07, 6.45) is 2.22. The quantitative estimate of drug-likeness (QED) is 0.123. The fourth-order valence-electron chi connectivity index (χ4n) is 9.21. The number of ether oxygens (including phenoxy) is 1. The van der Waals surface area contributed by atoms with E-state index < -0.39 is 31.6 Å². The summed E-state index contributed by atoms with van der Waals surface area (Å²) < 4.78 is 23.6. The summed E-state index contributed by atoms with van der Waals surface area (Å²) in [5.41, 5.74) is 1.45. The first kappa shape index (κ1) is 39.8. The van der Waals surface area contributed by atoms with Gasteiger partial charge in [0.05, 0.1) is 43.4 Å². The van der Waals surface area contributed by atoms with Crippen LogP contribution in [0.25, 0.3) is 0 Å². The number of halogens is 1. The number of hydrogen-bond acceptors (Lipinski definition) is 8. The standard InChI is InChI=1S/C42H53FN6O6Si/c1-27-38(56(2,3)43)36(24-37(51)48(20-21-50)25-28-10-5-4-6-11-28)55-42(27)32-23-31(47-40(53)34-15-9-19-45-34)16-17-35(32)49(41(42)54)26-29-12-7-13-30(22-29)46-39(52)33-14-8-18-44-33/h4-7,10-13,16-17,22-23,27,33-34,36,38,44-45,50H,8-9,14-15,18-21,24-26H2,1-3H3,(H,46,52)(H,47,53)/t27-,33-,34-,36+,38-,42+/m1/s1. The third kappa shape index (κ3) is 8.03. The van der Waals surface area contributed by atoms with Crippen molar-refractivity contribution in [2.24, 2.45) is 5.92 Å². The van der Waals surface area contributed by atoms with Crippen molar-refractivity contribution in [3.8, 4) is 0 Å². The van der Waals surface area contributed by atoms with E-state index in [4.69, 9.17) is 4.74 Å². The summed E-state index contributed by atoms with van der Waals surface area (Å²) in [7, 11) is -3.62. The number of benzene rings is 3. The van der Waals surface area contributed by atoms with Crippen LogP contribution in [0.2, 0.25) is 18.6 Å². The average molecular weight is 785 g/mol. The number of carbonyl (C=O) groups excluding carboxylic acids is 4. The van der Waals surface area contributed by atoms with Crippen LogP contribution in [-0.4, -0.2) is 86.5 Å². The van der Waals surface area contributed by atoms with E-state index in [1.165, 1.54) is 0 Å². The van der Waals surface area contributed by atoms with E-state index in [1.54, 1.807) is 41.1 Å². The maximum absolute atomic E-state index is 16.7. The van der Waals surface area contributed by atoms with Crippen LogP contribution in [0, 0.1) is 5.92 Å². The first-order valence-electron chi connectivity index (χ1n) is 19.8. The zero-order valence-corrected chi connectivity index (χ0v) is 33.4. The second kappa shape index (κ2) is 16.6. The lowest BCUT2D eigenvalue weighted by molar-refractivity contribution is -0.150. The predicted octanol–water partition coefficient (Wildman–Crippen LogP) is 4.80. The summed E-state index contributed by atoms with van der Waals surface area (Å²) in [4.78, 5) is 58.5. The molecule has 7 rings (SSSR count). The van der Waals surface area contributed by atoms with Crippen molar-refractivity contribution in [1.29, 1.82) is 0 Å². The summed E-state index contributed by atoms with van der Waals surface area (Å²) in [6.45, 7) is 6.82. The van der Waals surface area contributed by atoms with Crippen LogP contribution in [0.3, 0.4) is 0 Å². The van der Waals surface area contributed by atoms with Crippen molar-refractivity contribution in [2.45, 2.75) is 94.5 Å². The predicted molar refractivity (Wildman–Crippen MR) is 215 cm³/mol. The Kier molecular flexibility index (Phi) is 11.8. The highest BCUT2D eigenvalue weighted by Crippen LogP contribution is 2.60. The maximum atomic E-state index is 16.7. The van der Waals surface area contributed by atoms with Gasteiger partial charge in [-0.2, -0.15) is 0 Å². The lowest BCUT2D eigenvalue weighted by Crippen LogP contribution is -2.45. The number of nitrogens with one attached hydrogen (secondary N) is 4. The Balaban J connectivity index is 1.22. The lowest BCUT2D eigenvalue weighted by Gasteiger charge is -2.31. The molecular weight excluding hydrogens is 732 g/mol. The second-order valence-corrected chi connectivity index (χ2v) is 19.9. The molecule has 3 aromatic carbocycles. The first-order chi connectivity index (χ1) is 26.9. The van der Waals surface area contributed by atoms with E-state index in [-0.39, 0.29) is 68.4 Å². The summed E-state index contributed by atoms with van der Waals surface area (Å²) in [5.74, 6) is -1.64. The molecule has 0 aliphatic carbocycles. The minimum Gasteiger partial charge on any atom is -0.395 e. The zero-order valence-electron chi connectivity index (χ0n) is 32.4. The minimum absolute atomic E-state index is 0.0907. The van der Waals surface area contributed by atoms with Crippen molar-refractivity contribution in [3.05, 3.63) is 89.5 Å². The molecule has 14 heteroatoms. The number of carbonyl (C=O) groups is 4. The van der Waals surface area contributed by atoms with Gasteiger partial charge in [-0.1, -0.05) is 49.4 Å². The number of rotatable bonds is 13. The number of aliphatic hydroxyl groups excluding tert-OH is 1. The number of nitrogens with zero attached hydrogens (tertiary/aromatic N) is 2. The fourth-order valence-corrected chi connectivity index (χ4v) is 11.7. The van der Waals surface area contributed by atoms with Crippen molar-refractivity contribution in [1.82, 2.24) is 15.5 Å². The van der Waals surface area contributed by atoms with Crippen LogP contribution in [0.15, 0.2) is 72.8 Å². The zero-order chi connectivity index (χ0) is 39.6. The highest BCUT2D eigenvalue weighted by molar-refractivity contribution is 6.72. The molecule has 298 valence electrons. The monoisotopic (exact) mass is 784 g/mol. The van der Waals surface area contributed by atoms with Gasteiger partial charge in [0.15, 0.2) is 5.60 Å². The molecular formula is C42H53FN6O6Si. The molecule has 4 heterocycles. The molecule has 5 N–H and O–H groups in total. The SMILES string of the molecule is C[C@@H]1[C@@H]([Si](C)(C)F)[C@H](CC(=O)N(CCO)Cc2ccccc2)O[C@@]12C(=O)N(Cc1cccc(NC(=O)[C@H]3CCCN3)c1)c1ccc(NC(=O)[C@H]3CCCN3)cc12. The largest absolute Gasteiger partial charge is 0.395 e. The normalized spacial score (nSPS) is 25.8. The molecule has 56 heavy (non-hydrogen) atoms. The molecule has 0 radical (unpaired) electrons. The summed E-state index contributed by atoms with van der Waals surface area (Å²) >= 11 is 0. The Morgan fingerprint density at radius 2 is 1.57 bits per heavy atom. The molecule has 4 amide bonds. The van der Waals surface area contributed by atoms with Gasteiger partial charge in [0, 0.05) is 41.5 Å². The molecule has 3 fully saturated rings. The molecule has 0 bridgehead atoms. The molecule has 6 atom stereocenters. The van der Waals surface area contributed by atoms with Gasteiger partial charge in [0.25, 0.3) is 5.91 Å². The Morgan fingerprint density at radius 3 is 2.18 bits per heavy atom.